The van der Waals surface area contributed by atoms with Crippen molar-refractivity contribution < 1.29 is 20.1 Å². The van der Waals surface area contributed by atoms with Gasteiger partial charge in [0.25, 0.3) is 0 Å². The third-order valence-corrected chi connectivity index (χ3v) is 2.47. The molecule has 0 amide bonds. The highest BCUT2D eigenvalue weighted by molar-refractivity contribution is 4.45. The van der Waals surface area contributed by atoms with Crippen molar-refractivity contribution in [3.63, 3.8) is 0 Å². The fourth-order valence-electron chi connectivity index (χ4n) is 1.37. The van der Waals surface area contributed by atoms with Crippen LogP contribution in [0.4, 0.5) is 0 Å². The zero-order valence-electron chi connectivity index (χ0n) is 9.84. The van der Waals surface area contributed by atoms with Gasteiger partial charge in [0.15, 0.2) is 0 Å². The molecule has 1 atom stereocenters. The van der Waals surface area contributed by atoms with Gasteiger partial charge in [0.05, 0.1) is 13.2 Å². The molecule has 0 saturated heterocycles. The number of quaternary nitrogens is 2. The van der Waals surface area contributed by atoms with Gasteiger partial charge in [-0.25, -0.2) is 0 Å². The molecule has 0 rings (SSSR count). The molecule has 0 aliphatic carbocycles. The Hall–Kier alpha value is -0.160. The maximum absolute atomic E-state index is 5.09. The molecule has 0 heterocycles. The summed E-state index contributed by atoms with van der Waals surface area (Å²) in [5.41, 5.74) is 4.11. The van der Waals surface area contributed by atoms with Crippen LogP contribution in [0.15, 0.2) is 0 Å². The van der Waals surface area contributed by atoms with Gasteiger partial charge in [0.1, 0.15) is 25.7 Å². The van der Waals surface area contributed by atoms with Crippen LogP contribution in [0.5, 0.6) is 0 Å². The lowest BCUT2D eigenvalue weighted by molar-refractivity contribution is -0.910. The summed E-state index contributed by atoms with van der Waals surface area (Å²) in [5.74, 6) is 0. The average Bonchev–Trinajstić information content (AvgIpc) is 2.21. The van der Waals surface area contributed by atoms with Gasteiger partial charge in [-0.15, -0.1) is 0 Å². The van der Waals surface area contributed by atoms with Gasteiger partial charge in [0.2, 0.25) is 0 Å². The van der Waals surface area contributed by atoms with Crippen molar-refractivity contribution in [1.82, 2.24) is 0 Å². The van der Waals surface area contributed by atoms with Crippen molar-refractivity contribution in [2.24, 2.45) is 0 Å². The summed E-state index contributed by atoms with van der Waals surface area (Å²) < 4.78 is 10.2. The minimum Gasteiger partial charge on any atom is -0.379 e. The predicted molar refractivity (Wildman–Crippen MR) is 56.3 cm³/mol. The smallest absolute Gasteiger partial charge is 0.134 e. The quantitative estimate of drug-likeness (QED) is 0.467. The van der Waals surface area contributed by atoms with Crippen LogP contribution < -0.4 is 10.6 Å². The van der Waals surface area contributed by atoms with Gasteiger partial charge >= 0.3 is 0 Å². The van der Waals surface area contributed by atoms with E-state index in [1.807, 2.05) is 0 Å². The monoisotopic (exact) mass is 206 g/mol. The van der Waals surface area contributed by atoms with Crippen LogP contribution in [-0.2, 0) is 9.47 Å². The van der Waals surface area contributed by atoms with Crippen LogP contribution in [-0.4, -0.2) is 53.1 Å². The lowest BCUT2D eigenvalue weighted by atomic mass is 10.2. The Morgan fingerprint density at radius 3 is 2.00 bits per heavy atom. The van der Waals surface area contributed by atoms with E-state index in [-0.39, 0.29) is 0 Å². The topological polar surface area (TPSA) is 50.5 Å². The molecule has 0 bridgehead atoms. The zero-order valence-corrected chi connectivity index (χ0v) is 9.84. The predicted octanol–water partition coefficient (Wildman–Crippen LogP) is -1.82. The van der Waals surface area contributed by atoms with Crippen LogP contribution in [0, 0.1) is 0 Å². The molecular formula is C10H26N2O2+2. The first-order valence-electron chi connectivity index (χ1n) is 5.39. The first-order chi connectivity index (χ1) is 6.74. The maximum atomic E-state index is 5.09. The summed E-state index contributed by atoms with van der Waals surface area (Å²) >= 11 is 0. The van der Waals surface area contributed by atoms with Crippen LogP contribution >= 0.6 is 0 Å². The first-order valence-corrected chi connectivity index (χ1v) is 5.39. The molecule has 0 radical (unpaired) electrons. The zero-order chi connectivity index (χ0) is 10.8. The highest BCUT2D eigenvalue weighted by Gasteiger charge is 2.14. The second kappa shape index (κ2) is 9.40. The molecule has 0 spiro atoms. The number of hydrogen-bond donors (Lipinski definition) is 2. The molecule has 4 nitrogen and oxygen atoms in total. The van der Waals surface area contributed by atoms with Gasteiger partial charge in [-0.3, -0.25) is 0 Å². The molecule has 0 aliphatic rings. The Labute approximate surface area is 87.4 Å². The van der Waals surface area contributed by atoms with Gasteiger partial charge < -0.3 is 20.1 Å². The van der Waals surface area contributed by atoms with E-state index in [1.165, 1.54) is 4.90 Å². The van der Waals surface area contributed by atoms with Crippen molar-refractivity contribution in [3.05, 3.63) is 0 Å². The molecule has 0 fully saturated rings. The molecule has 0 saturated carbocycles. The van der Waals surface area contributed by atoms with E-state index in [2.05, 4.69) is 12.7 Å². The second-order valence-electron chi connectivity index (χ2n) is 3.71. The standard InChI is InChI=1S/C10H24N2O2/c1-4-10(11)9-12(5-7-13-2)6-8-14-3/h10H,4-9,11H2,1-3H3/p+2/t10-/m1/s1. The Kier molecular flexibility index (Phi) is 9.29. The number of ether oxygens (including phenoxy) is 2. The molecule has 4 heteroatoms. The average molecular weight is 206 g/mol. The van der Waals surface area contributed by atoms with E-state index in [4.69, 9.17) is 9.47 Å². The summed E-state index contributed by atoms with van der Waals surface area (Å²) in [4.78, 5) is 1.52. The van der Waals surface area contributed by atoms with E-state index in [1.54, 1.807) is 14.2 Å². The minimum absolute atomic E-state index is 0.540. The summed E-state index contributed by atoms with van der Waals surface area (Å²) in [6, 6.07) is 0.540. The fourth-order valence-corrected chi connectivity index (χ4v) is 1.37. The van der Waals surface area contributed by atoms with Gasteiger partial charge in [0, 0.05) is 20.6 Å². The lowest BCUT2D eigenvalue weighted by Gasteiger charge is -2.20. The summed E-state index contributed by atoms with van der Waals surface area (Å²) in [5, 5.41) is 0. The normalized spacial score (nSPS) is 13.5. The molecule has 0 unspecified atom stereocenters. The lowest BCUT2D eigenvalue weighted by Crippen LogP contribution is -3.15. The van der Waals surface area contributed by atoms with E-state index in [9.17, 15) is 0 Å². The molecule has 0 aromatic heterocycles. The van der Waals surface area contributed by atoms with Crippen LogP contribution in [0.25, 0.3) is 0 Å². The third kappa shape index (κ3) is 7.26. The Bertz CT molecular complexity index is 115. The van der Waals surface area contributed by atoms with E-state index in [0.29, 0.717) is 6.04 Å². The number of methoxy groups -OCH3 is 2. The van der Waals surface area contributed by atoms with Gasteiger partial charge in [-0.2, -0.15) is 0 Å². The van der Waals surface area contributed by atoms with Crippen molar-refractivity contribution in [1.29, 1.82) is 0 Å². The van der Waals surface area contributed by atoms with Crippen LogP contribution in [0.1, 0.15) is 13.3 Å². The van der Waals surface area contributed by atoms with Crippen LogP contribution in [0.3, 0.4) is 0 Å². The number of nitrogens with one attached hydrogen (secondary N) is 1. The molecule has 4 N–H and O–H groups in total. The third-order valence-electron chi connectivity index (χ3n) is 2.47. The number of hydrogen-bond acceptors (Lipinski definition) is 2. The fraction of sp³-hybridized carbons (Fsp3) is 1.00. The minimum atomic E-state index is 0.540. The van der Waals surface area contributed by atoms with Gasteiger partial charge in [-0.05, 0) is 0 Å². The van der Waals surface area contributed by atoms with E-state index >= 15 is 0 Å². The van der Waals surface area contributed by atoms with E-state index < -0.39 is 0 Å². The summed E-state index contributed by atoms with van der Waals surface area (Å²) in [7, 11) is 3.49. The first kappa shape index (κ1) is 13.8. The number of rotatable bonds is 9. The molecule has 0 aromatic carbocycles. The summed E-state index contributed by atoms with van der Waals surface area (Å²) in [6.45, 7) is 7.02. The van der Waals surface area contributed by atoms with Crippen LogP contribution in [0.2, 0.25) is 0 Å². The van der Waals surface area contributed by atoms with E-state index in [0.717, 1.165) is 39.3 Å². The molecule has 14 heavy (non-hydrogen) atoms. The second-order valence-corrected chi connectivity index (χ2v) is 3.71. The molecule has 0 aliphatic heterocycles. The SMILES string of the molecule is CC[C@@H]([NH3+])C[NH+](CCOC)CCOC. The molecule has 86 valence electrons. The Morgan fingerprint density at radius 1 is 1.14 bits per heavy atom. The van der Waals surface area contributed by atoms with Crippen molar-refractivity contribution >= 4 is 0 Å². The largest absolute Gasteiger partial charge is 0.379 e. The molecule has 0 aromatic rings. The Balaban J connectivity index is 3.71. The maximum Gasteiger partial charge on any atom is 0.134 e. The van der Waals surface area contributed by atoms with Crippen molar-refractivity contribution in [2.75, 3.05) is 47.1 Å². The summed E-state index contributed by atoms with van der Waals surface area (Å²) in [6.07, 6.45) is 1.14. The van der Waals surface area contributed by atoms with Gasteiger partial charge in [-0.1, -0.05) is 6.92 Å². The van der Waals surface area contributed by atoms with Crippen molar-refractivity contribution in [2.45, 2.75) is 19.4 Å². The highest BCUT2D eigenvalue weighted by Crippen LogP contribution is 1.77. The van der Waals surface area contributed by atoms with Crippen molar-refractivity contribution in [3.8, 4) is 0 Å². The molecular weight excluding hydrogens is 180 g/mol. The Morgan fingerprint density at radius 2 is 1.64 bits per heavy atom. The highest BCUT2D eigenvalue weighted by atomic mass is 16.5.